The van der Waals surface area contributed by atoms with E-state index in [1.54, 1.807) is 12.0 Å². The van der Waals surface area contributed by atoms with Crippen molar-refractivity contribution >= 4 is 26.9 Å². The van der Waals surface area contributed by atoms with Gasteiger partial charge in [-0.2, -0.15) is 13.2 Å². The van der Waals surface area contributed by atoms with Crippen LogP contribution in [0.4, 0.5) is 30.2 Å². The molecule has 0 spiro atoms. The maximum atomic E-state index is 12.8. The molecule has 1 heterocycles. The number of halogens is 3. The Morgan fingerprint density at radius 3 is 2.10 bits per heavy atom. The van der Waals surface area contributed by atoms with E-state index in [-0.39, 0.29) is 5.69 Å². The largest absolute Gasteiger partial charge is 0.501 e. The Morgan fingerprint density at radius 2 is 1.57 bits per heavy atom. The van der Waals surface area contributed by atoms with Crippen molar-refractivity contribution in [2.75, 3.05) is 43.1 Å². The number of para-hydroxylation sites is 2. The van der Waals surface area contributed by atoms with E-state index in [0.29, 0.717) is 38.0 Å². The van der Waals surface area contributed by atoms with Gasteiger partial charge in [-0.05, 0) is 24.3 Å². The van der Waals surface area contributed by atoms with Gasteiger partial charge in [0.15, 0.2) is 0 Å². The van der Waals surface area contributed by atoms with Crippen molar-refractivity contribution in [2.45, 2.75) is 10.4 Å². The zero-order valence-corrected chi connectivity index (χ0v) is 16.6. The number of nitrogens with zero attached hydrogens (tertiary/aromatic N) is 3. The predicted octanol–water partition coefficient (Wildman–Crippen LogP) is 3.22. The van der Waals surface area contributed by atoms with Gasteiger partial charge in [-0.3, -0.25) is 10.1 Å². The molecular weight excluding hydrogens is 427 g/mol. The Kier molecular flexibility index (Phi) is 5.79. The lowest BCUT2D eigenvalue weighted by molar-refractivity contribution is -0.384. The maximum Gasteiger partial charge on any atom is 0.501 e. The van der Waals surface area contributed by atoms with Crippen LogP contribution in [0.25, 0.3) is 0 Å². The zero-order valence-electron chi connectivity index (χ0n) is 15.8. The first kappa shape index (κ1) is 21.7. The van der Waals surface area contributed by atoms with Crippen LogP contribution in [0.3, 0.4) is 0 Å². The molecule has 8 nitrogen and oxygen atoms in total. The van der Waals surface area contributed by atoms with Crippen molar-refractivity contribution in [1.82, 2.24) is 0 Å². The second-order valence-electron chi connectivity index (χ2n) is 6.50. The summed E-state index contributed by atoms with van der Waals surface area (Å²) in [5.74, 6) is 0.679. The third kappa shape index (κ3) is 3.99. The minimum Gasteiger partial charge on any atom is -0.495 e. The van der Waals surface area contributed by atoms with Crippen molar-refractivity contribution in [3.8, 4) is 5.75 Å². The van der Waals surface area contributed by atoms with E-state index >= 15 is 0 Å². The standard InChI is InChI=1S/C18H18F3N3O5S/c1-29-17-5-3-2-4-15(17)23-10-8-22(9-11-23)14-7-6-13(12-16(14)24(25)26)30(27,28)18(19,20)21/h2-7,12H,8-11H2,1H3. The van der Waals surface area contributed by atoms with Gasteiger partial charge in [0.05, 0.1) is 22.6 Å². The molecule has 0 N–H and O–H groups in total. The third-order valence-electron chi connectivity index (χ3n) is 4.80. The van der Waals surface area contributed by atoms with E-state index in [0.717, 1.165) is 17.8 Å². The fourth-order valence-corrected chi connectivity index (χ4v) is 4.08. The molecule has 1 saturated heterocycles. The van der Waals surface area contributed by atoms with Crippen LogP contribution in [0.1, 0.15) is 0 Å². The highest BCUT2D eigenvalue weighted by Crippen LogP contribution is 2.37. The van der Waals surface area contributed by atoms with Crippen molar-refractivity contribution in [3.63, 3.8) is 0 Å². The Morgan fingerprint density at radius 1 is 1.00 bits per heavy atom. The highest BCUT2D eigenvalue weighted by Gasteiger charge is 2.47. The normalized spacial score (nSPS) is 15.2. The Labute approximate surface area is 170 Å². The average Bonchev–Trinajstić information content (AvgIpc) is 2.72. The molecule has 3 rings (SSSR count). The number of sulfone groups is 1. The summed E-state index contributed by atoms with van der Waals surface area (Å²) in [4.78, 5) is 13.1. The zero-order chi connectivity index (χ0) is 22.1. The number of nitro groups is 1. The summed E-state index contributed by atoms with van der Waals surface area (Å²) < 4.78 is 66.9. The Bertz CT molecular complexity index is 1050. The molecule has 0 radical (unpaired) electrons. The molecule has 30 heavy (non-hydrogen) atoms. The average molecular weight is 445 g/mol. The number of rotatable bonds is 5. The molecular formula is C18H18F3N3O5S. The monoisotopic (exact) mass is 445 g/mol. The lowest BCUT2D eigenvalue weighted by atomic mass is 10.2. The molecule has 12 heteroatoms. The van der Waals surface area contributed by atoms with E-state index in [2.05, 4.69) is 0 Å². The van der Waals surface area contributed by atoms with Crippen molar-refractivity contribution < 1.29 is 31.2 Å². The van der Waals surface area contributed by atoms with Crippen LogP contribution in [-0.2, 0) is 9.84 Å². The van der Waals surface area contributed by atoms with E-state index < -0.39 is 30.9 Å². The molecule has 0 amide bonds. The smallest absolute Gasteiger partial charge is 0.495 e. The first-order chi connectivity index (χ1) is 14.1. The van der Waals surface area contributed by atoms with Crippen molar-refractivity contribution in [3.05, 3.63) is 52.6 Å². The predicted molar refractivity (Wildman–Crippen MR) is 104 cm³/mol. The summed E-state index contributed by atoms with van der Waals surface area (Å²) in [6.45, 7) is 1.68. The highest BCUT2D eigenvalue weighted by atomic mass is 32.2. The van der Waals surface area contributed by atoms with Crippen molar-refractivity contribution in [1.29, 1.82) is 0 Å². The molecule has 0 saturated carbocycles. The van der Waals surface area contributed by atoms with E-state index in [1.807, 2.05) is 29.2 Å². The Balaban J connectivity index is 1.86. The van der Waals surface area contributed by atoms with Gasteiger partial charge in [-0.25, -0.2) is 8.42 Å². The summed E-state index contributed by atoms with van der Waals surface area (Å²) in [5, 5.41) is 11.4. The summed E-state index contributed by atoms with van der Waals surface area (Å²) >= 11 is 0. The molecule has 0 aliphatic carbocycles. The topological polar surface area (TPSA) is 93.0 Å². The Hall–Kier alpha value is -3.02. The van der Waals surface area contributed by atoms with Crippen LogP contribution < -0.4 is 14.5 Å². The second-order valence-corrected chi connectivity index (χ2v) is 8.44. The molecule has 2 aromatic rings. The summed E-state index contributed by atoms with van der Waals surface area (Å²) in [6.07, 6.45) is 0. The number of nitro benzene ring substituents is 1. The van der Waals surface area contributed by atoms with E-state index in [4.69, 9.17) is 4.74 Å². The summed E-state index contributed by atoms with van der Waals surface area (Å²) in [7, 11) is -4.13. The van der Waals surface area contributed by atoms with Gasteiger partial charge < -0.3 is 14.5 Å². The van der Waals surface area contributed by atoms with Gasteiger partial charge in [0, 0.05) is 32.2 Å². The third-order valence-corrected chi connectivity index (χ3v) is 6.29. The molecule has 162 valence electrons. The van der Waals surface area contributed by atoms with Gasteiger partial charge in [0.25, 0.3) is 15.5 Å². The second kappa shape index (κ2) is 8.01. The first-order valence-corrected chi connectivity index (χ1v) is 10.3. The van der Waals surface area contributed by atoms with E-state index in [9.17, 15) is 31.7 Å². The van der Waals surface area contributed by atoms with Crippen LogP contribution in [-0.4, -0.2) is 52.1 Å². The summed E-state index contributed by atoms with van der Waals surface area (Å²) in [6, 6.07) is 9.64. The van der Waals surface area contributed by atoms with Gasteiger partial charge >= 0.3 is 5.51 Å². The lowest BCUT2D eigenvalue weighted by Crippen LogP contribution is -2.46. The summed E-state index contributed by atoms with van der Waals surface area (Å²) in [5.41, 5.74) is -5.30. The van der Waals surface area contributed by atoms with Crippen LogP contribution >= 0.6 is 0 Å². The minimum absolute atomic E-state index is 0.0702. The number of benzene rings is 2. The molecule has 2 aromatic carbocycles. The number of anilines is 2. The van der Waals surface area contributed by atoms with Crippen LogP contribution in [0, 0.1) is 10.1 Å². The molecule has 0 bridgehead atoms. The van der Waals surface area contributed by atoms with Crippen LogP contribution in [0.15, 0.2) is 47.4 Å². The highest BCUT2D eigenvalue weighted by molar-refractivity contribution is 7.92. The van der Waals surface area contributed by atoms with Gasteiger partial charge in [-0.1, -0.05) is 12.1 Å². The lowest BCUT2D eigenvalue weighted by Gasteiger charge is -2.37. The fraction of sp³-hybridized carbons (Fsp3) is 0.333. The number of alkyl halides is 3. The number of hydrogen-bond acceptors (Lipinski definition) is 7. The van der Waals surface area contributed by atoms with E-state index in [1.165, 1.54) is 0 Å². The fourth-order valence-electron chi connectivity index (χ4n) is 3.30. The van der Waals surface area contributed by atoms with Crippen LogP contribution in [0.5, 0.6) is 5.75 Å². The van der Waals surface area contributed by atoms with Crippen LogP contribution in [0.2, 0.25) is 0 Å². The number of methoxy groups -OCH3 is 1. The van der Waals surface area contributed by atoms with Gasteiger partial charge in [0.1, 0.15) is 11.4 Å². The number of hydrogen-bond donors (Lipinski definition) is 0. The quantitative estimate of drug-likeness (QED) is 0.515. The SMILES string of the molecule is COc1ccccc1N1CCN(c2ccc(S(=O)(=O)C(F)(F)F)cc2[N+](=O)[O-])CC1. The number of piperazine rings is 1. The van der Waals surface area contributed by atoms with Gasteiger partial charge in [-0.15, -0.1) is 0 Å². The molecule has 1 aliphatic rings. The minimum atomic E-state index is -5.68. The first-order valence-electron chi connectivity index (χ1n) is 8.79. The maximum absolute atomic E-state index is 12.8. The number of ether oxygens (including phenoxy) is 1. The van der Waals surface area contributed by atoms with Crippen molar-refractivity contribution in [2.24, 2.45) is 0 Å². The molecule has 0 unspecified atom stereocenters. The molecule has 0 atom stereocenters. The molecule has 1 fully saturated rings. The molecule has 1 aliphatic heterocycles. The van der Waals surface area contributed by atoms with Gasteiger partial charge in [0.2, 0.25) is 0 Å². The molecule has 0 aromatic heterocycles.